The van der Waals surface area contributed by atoms with E-state index in [1.807, 2.05) is 0 Å². The van der Waals surface area contributed by atoms with Gasteiger partial charge in [-0.15, -0.1) is 0 Å². The van der Waals surface area contributed by atoms with E-state index < -0.39 is 0 Å². The number of hydrogen-bond donors (Lipinski definition) is 1. The van der Waals surface area contributed by atoms with Gasteiger partial charge >= 0.3 is 0 Å². The molecule has 1 unspecified atom stereocenters. The van der Waals surface area contributed by atoms with Crippen molar-refractivity contribution in [1.29, 1.82) is 0 Å². The molecular formula is C17H30N2. The highest BCUT2D eigenvalue weighted by molar-refractivity contribution is 5.25. The van der Waals surface area contributed by atoms with E-state index in [4.69, 9.17) is 0 Å². The van der Waals surface area contributed by atoms with E-state index in [0.717, 1.165) is 19.6 Å². The zero-order valence-electron chi connectivity index (χ0n) is 13.1. The highest BCUT2D eigenvalue weighted by Crippen LogP contribution is 2.10. The average molecular weight is 262 g/mol. The van der Waals surface area contributed by atoms with Gasteiger partial charge in [0, 0.05) is 19.1 Å². The Bertz CT molecular complexity index is 349. The Morgan fingerprint density at radius 1 is 1.16 bits per heavy atom. The number of likely N-dealkylation sites (N-methyl/N-ethyl adjacent to an activating group) is 1. The van der Waals surface area contributed by atoms with Crippen molar-refractivity contribution >= 4 is 0 Å². The van der Waals surface area contributed by atoms with Gasteiger partial charge in [0.15, 0.2) is 0 Å². The van der Waals surface area contributed by atoms with Crippen molar-refractivity contribution in [3.05, 3.63) is 35.4 Å². The van der Waals surface area contributed by atoms with Crippen LogP contribution in [0.15, 0.2) is 24.3 Å². The highest BCUT2D eigenvalue weighted by atomic mass is 15.1. The van der Waals surface area contributed by atoms with Crippen LogP contribution in [0.25, 0.3) is 0 Å². The molecule has 1 aromatic carbocycles. The second-order valence-corrected chi connectivity index (χ2v) is 5.56. The topological polar surface area (TPSA) is 15.3 Å². The Balaban J connectivity index is 2.47. The van der Waals surface area contributed by atoms with Crippen molar-refractivity contribution in [3.8, 4) is 0 Å². The van der Waals surface area contributed by atoms with Crippen LogP contribution in [-0.2, 0) is 6.54 Å². The third-order valence-corrected chi connectivity index (χ3v) is 3.55. The molecule has 0 aliphatic rings. The van der Waals surface area contributed by atoms with Crippen LogP contribution in [-0.4, -0.2) is 31.1 Å². The fourth-order valence-electron chi connectivity index (χ4n) is 2.47. The first-order chi connectivity index (χ1) is 9.17. The lowest BCUT2D eigenvalue weighted by molar-refractivity contribution is 0.273. The largest absolute Gasteiger partial charge is 0.313 e. The number of nitrogens with one attached hydrogen (secondary N) is 1. The molecule has 1 aromatic rings. The summed E-state index contributed by atoms with van der Waals surface area (Å²) >= 11 is 0. The minimum Gasteiger partial charge on any atom is -0.313 e. The van der Waals surface area contributed by atoms with Crippen LogP contribution in [0.3, 0.4) is 0 Å². The quantitative estimate of drug-likeness (QED) is 0.731. The first-order valence-electron chi connectivity index (χ1n) is 7.63. The summed E-state index contributed by atoms with van der Waals surface area (Å²) in [7, 11) is 2.22. The Hall–Kier alpha value is -0.860. The number of hydrogen-bond acceptors (Lipinski definition) is 2. The maximum atomic E-state index is 3.66. The maximum Gasteiger partial charge on any atom is 0.0233 e. The van der Waals surface area contributed by atoms with Crippen LogP contribution >= 0.6 is 0 Å². The molecule has 0 saturated heterocycles. The number of benzene rings is 1. The molecule has 0 spiro atoms. The molecule has 1 atom stereocenters. The lowest BCUT2D eigenvalue weighted by Gasteiger charge is -2.25. The molecule has 1 rings (SSSR count). The van der Waals surface area contributed by atoms with E-state index >= 15 is 0 Å². The van der Waals surface area contributed by atoms with Crippen molar-refractivity contribution in [2.75, 3.05) is 20.1 Å². The zero-order valence-corrected chi connectivity index (χ0v) is 13.1. The van der Waals surface area contributed by atoms with Gasteiger partial charge in [0.05, 0.1) is 0 Å². The maximum absolute atomic E-state index is 3.66. The Morgan fingerprint density at radius 3 is 2.53 bits per heavy atom. The molecule has 1 N–H and O–H groups in total. The van der Waals surface area contributed by atoms with Gasteiger partial charge in [-0.3, -0.25) is 0 Å². The summed E-state index contributed by atoms with van der Waals surface area (Å²) in [5, 5.41) is 3.66. The SMILES string of the molecule is CCCNC(CCC)CN(C)Cc1ccccc1C. The Morgan fingerprint density at radius 2 is 1.89 bits per heavy atom. The second kappa shape index (κ2) is 9.11. The van der Waals surface area contributed by atoms with Crippen LogP contribution in [0.1, 0.15) is 44.2 Å². The molecular weight excluding hydrogens is 232 g/mol. The monoisotopic (exact) mass is 262 g/mol. The molecule has 0 aliphatic carbocycles. The first-order valence-corrected chi connectivity index (χ1v) is 7.63. The first kappa shape index (κ1) is 16.2. The summed E-state index contributed by atoms with van der Waals surface area (Å²) in [6.07, 6.45) is 3.72. The van der Waals surface area contributed by atoms with Crippen molar-refractivity contribution in [1.82, 2.24) is 10.2 Å². The highest BCUT2D eigenvalue weighted by Gasteiger charge is 2.10. The summed E-state index contributed by atoms with van der Waals surface area (Å²) in [5.74, 6) is 0. The van der Waals surface area contributed by atoms with Crippen molar-refractivity contribution in [2.24, 2.45) is 0 Å². The molecule has 0 bridgehead atoms. The molecule has 0 radical (unpaired) electrons. The standard InChI is InChI=1S/C17H30N2/c1-5-9-17(18-12-6-2)14-19(4)13-16-11-8-7-10-15(16)3/h7-8,10-11,17-18H,5-6,9,12-14H2,1-4H3. The van der Waals surface area contributed by atoms with Gasteiger partial charge in [-0.1, -0.05) is 44.5 Å². The zero-order chi connectivity index (χ0) is 14.1. The lowest BCUT2D eigenvalue weighted by atomic mass is 10.1. The van der Waals surface area contributed by atoms with Crippen molar-refractivity contribution in [3.63, 3.8) is 0 Å². The minimum absolute atomic E-state index is 0.624. The smallest absolute Gasteiger partial charge is 0.0233 e. The third-order valence-electron chi connectivity index (χ3n) is 3.55. The molecule has 2 heteroatoms. The van der Waals surface area contributed by atoms with Gasteiger partial charge < -0.3 is 10.2 Å². The second-order valence-electron chi connectivity index (χ2n) is 5.56. The van der Waals surface area contributed by atoms with Gasteiger partial charge in [0.2, 0.25) is 0 Å². The summed E-state index contributed by atoms with van der Waals surface area (Å²) in [6, 6.07) is 9.30. The van der Waals surface area contributed by atoms with E-state index in [-0.39, 0.29) is 0 Å². The average Bonchev–Trinajstić information content (AvgIpc) is 2.39. The van der Waals surface area contributed by atoms with Gasteiger partial charge in [-0.25, -0.2) is 0 Å². The lowest BCUT2D eigenvalue weighted by Crippen LogP contribution is -2.39. The van der Waals surface area contributed by atoms with Gasteiger partial charge in [0.1, 0.15) is 0 Å². The fraction of sp³-hybridized carbons (Fsp3) is 0.647. The van der Waals surface area contributed by atoms with E-state index in [9.17, 15) is 0 Å². The molecule has 0 aliphatic heterocycles. The molecule has 19 heavy (non-hydrogen) atoms. The molecule has 0 fully saturated rings. The van der Waals surface area contributed by atoms with E-state index in [0.29, 0.717) is 6.04 Å². The van der Waals surface area contributed by atoms with Gasteiger partial charge in [0.25, 0.3) is 0 Å². The third kappa shape index (κ3) is 6.22. The molecule has 108 valence electrons. The minimum atomic E-state index is 0.624. The number of aryl methyl sites for hydroxylation is 1. The van der Waals surface area contributed by atoms with Crippen LogP contribution in [0, 0.1) is 6.92 Å². The van der Waals surface area contributed by atoms with Crippen LogP contribution in [0.2, 0.25) is 0 Å². The molecule has 0 aromatic heterocycles. The Kier molecular flexibility index (Phi) is 7.76. The summed E-state index contributed by atoms with van der Waals surface area (Å²) in [6.45, 7) is 9.99. The molecule has 0 saturated carbocycles. The fourth-order valence-corrected chi connectivity index (χ4v) is 2.47. The Labute approximate surface area is 119 Å². The van der Waals surface area contributed by atoms with E-state index in [1.54, 1.807) is 0 Å². The molecule has 0 heterocycles. The van der Waals surface area contributed by atoms with Crippen LogP contribution in [0.4, 0.5) is 0 Å². The molecule has 2 nitrogen and oxygen atoms in total. The summed E-state index contributed by atoms with van der Waals surface area (Å²) in [5.41, 5.74) is 2.83. The summed E-state index contributed by atoms with van der Waals surface area (Å²) < 4.78 is 0. The van der Waals surface area contributed by atoms with Gasteiger partial charge in [-0.2, -0.15) is 0 Å². The predicted molar refractivity (Wildman–Crippen MR) is 84.5 cm³/mol. The normalized spacial score (nSPS) is 12.9. The van der Waals surface area contributed by atoms with E-state index in [1.165, 1.54) is 30.4 Å². The van der Waals surface area contributed by atoms with E-state index in [2.05, 4.69) is 62.3 Å². The molecule has 0 amide bonds. The number of rotatable bonds is 9. The van der Waals surface area contributed by atoms with Crippen molar-refractivity contribution < 1.29 is 0 Å². The van der Waals surface area contributed by atoms with Gasteiger partial charge in [-0.05, 0) is 44.5 Å². The van der Waals surface area contributed by atoms with Crippen LogP contribution in [0.5, 0.6) is 0 Å². The summed E-state index contributed by atoms with van der Waals surface area (Å²) in [4.78, 5) is 2.44. The van der Waals surface area contributed by atoms with Crippen molar-refractivity contribution in [2.45, 2.75) is 52.6 Å². The van der Waals surface area contributed by atoms with Crippen LogP contribution < -0.4 is 5.32 Å². The number of nitrogens with zero attached hydrogens (tertiary/aromatic N) is 1. The predicted octanol–water partition coefficient (Wildman–Crippen LogP) is 3.60.